The number of alkyl halides is 3. The van der Waals surface area contributed by atoms with Crippen LogP contribution in [0, 0.1) is 11.6 Å². The first-order valence-corrected chi connectivity index (χ1v) is 5.84. The molecule has 0 spiro atoms. The summed E-state index contributed by atoms with van der Waals surface area (Å²) in [6.45, 7) is -0.317. The quantitative estimate of drug-likeness (QED) is 0.883. The maximum Gasteiger partial charge on any atom is 0.449 e. The van der Waals surface area contributed by atoms with Gasteiger partial charge >= 0.3 is 12.1 Å². The molecule has 0 unspecified atom stereocenters. The number of halogens is 5. The molecule has 0 aliphatic heterocycles. The molecule has 1 aromatic heterocycles. The highest BCUT2D eigenvalue weighted by atomic mass is 19.4. The van der Waals surface area contributed by atoms with Gasteiger partial charge in [-0.3, -0.25) is 4.79 Å². The van der Waals surface area contributed by atoms with Crippen LogP contribution in [0.5, 0.6) is 0 Å². The van der Waals surface area contributed by atoms with E-state index in [4.69, 9.17) is 5.11 Å². The fourth-order valence-corrected chi connectivity index (χ4v) is 1.95. The molecule has 0 aliphatic rings. The summed E-state index contributed by atoms with van der Waals surface area (Å²) < 4.78 is 65.6. The minimum atomic E-state index is -4.81. The monoisotopic (exact) mass is 308 g/mol. The summed E-state index contributed by atoms with van der Waals surface area (Å²) in [6.07, 6.45) is -5.25. The Bertz CT molecular complexity index is 693. The predicted molar refractivity (Wildman–Crippen MR) is 61.5 cm³/mol. The molecule has 4 nitrogen and oxygen atoms in total. The van der Waals surface area contributed by atoms with Gasteiger partial charge in [0.15, 0.2) is 11.6 Å². The molecule has 0 amide bonds. The highest BCUT2D eigenvalue weighted by Gasteiger charge is 2.37. The Hall–Kier alpha value is -2.19. The van der Waals surface area contributed by atoms with E-state index >= 15 is 0 Å². The highest BCUT2D eigenvalue weighted by Crippen LogP contribution is 2.32. The van der Waals surface area contributed by atoms with E-state index in [9.17, 15) is 26.7 Å². The molecular weight excluding hydrogens is 299 g/mol. The minimum absolute atomic E-state index is 0.0944. The molecule has 0 fully saturated rings. The van der Waals surface area contributed by atoms with Crippen molar-refractivity contribution in [3.8, 4) is 0 Å². The van der Waals surface area contributed by atoms with E-state index in [1.54, 1.807) is 0 Å². The molecule has 114 valence electrons. The van der Waals surface area contributed by atoms with Crippen molar-refractivity contribution in [2.45, 2.75) is 25.6 Å². The number of hydrogen-bond acceptors (Lipinski definition) is 2. The van der Waals surface area contributed by atoms with E-state index < -0.39 is 29.6 Å². The van der Waals surface area contributed by atoms with Crippen LogP contribution in [0.3, 0.4) is 0 Å². The largest absolute Gasteiger partial charge is 0.481 e. The SMILES string of the molecule is O=C(O)CCCn1c(C(F)(F)F)nc2cc(F)c(F)cc21. The van der Waals surface area contributed by atoms with E-state index in [1.165, 1.54) is 0 Å². The summed E-state index contributed by atoms with van der Waals surface area (Å²) in [6, 6.07) is 1.20. The number of imidazole rings is 1. The van der Waals surface area contributed by atoms with Crippen LogP contribution in [-0.4, -0.2) is 20.6 Å². The van der Waals surface area contributed by atoms with E-state index in [2.05, 4.69) is 4.98 Å². The average molecular weight is 308 g/mol. The van der Waals surface area contributed by atoms with E-state index in [-0.39, 0.29) is 30.4 Å². The first-order valence-electron chi connectivity index (χ1n) is 5.84. The molecular formula is C12H9F5N2O2. The lowest BCUT2D eigenvalue weighted by molar-refractivity contribution is -0.146. The highest BCUT2D eigenvalue weighted by molar-refractivity contribution is 5.76. The van der Waals surface area contributed by atoms with Crippen LogP contribution in [0.2, 0.25) is 0 Å². The number of hydrogen-bond donors (Lipinski definition) is 1. The van der Waals surface area contributed by atoms with Gasteiger partial charge in [-0.15, -0.1) is 0 Å². The lowest BCUT2D eigenvalue weighted by Crippen LogP contribution is -2.15. The molecule has 0 aliphatic carbocycles. The van der Waals surface area contributed by atoms with Gasteiger partial charge < -0.3 is 9.67 Å². The van der Waals surface area contributed by atoms with Gasteiger partial charge in [0.1, 0.15) is 0 Å². The Labute approximate surface area is 114 Å². The topological polar surface area (TPSA) is 55.1 Å². The van der Waals surface area contributed by atoms with E-state index in [1.807, 2.05) is 0 Å². The maximum absolute atomic E-state index is 13.2. The second-order valence-corrected chi connectivity index (χ2v) is 4.34. The molecule has 21 heavy (non-hydrogen) atoms. The zero-order chi connectivity index (χ0) is 15.8. The standard InChI is InChI=1S/C12H9F5N2O2/c13-6-4-8-9(5-7(6)14)19(3-1-2-10(20)21)11(18-8)12(15,16)17/h4-5H,1-3H2,(H,20,21). The summed E-state index contributed by atoms with van der Waals surface area (Å²) in [4.78, 5) is 13.7. The first-order chi connectivity index (χ1) is 9.70. The molecule has 0 bridgehead atoms. The fourth-order valence-electron chi connectivity index (χ4n) is 1.95. The summed E-state index contributed by atoms with van der Waals surface area (Å²) in [7, 11) is 0. The van der Waals surface area contributed by atoms with Crippen LogP contribution in [0.4, 0.5) is 22.0 Å². The third kappa shape index (κ3) is 3.11. The van der Waals surface area contributed by atoms with Crippen LogP contribution < -0.4 is 0 Å². The average Bonchev–Trinajstić information content (AvgIpc) is 2.68. The number of benzene rings is 1. The molecule has 1 aromatic carbocycles. The van der Waals surface area contributed by atoms with Gasteiger partial charge in [-0.1, -0.05) is 0 Å². The first kappa shape index (κ1) is 15.2. The van der Waals surface area contributed by atoms with Gasteiger partial charge in [-0.2, -0.15) is 13.2 Å². The lowest BCUT2D eigenvalue weighted by atomic mass is 10.2. The van der Waals surface area contributed by atoms with Crippen LogP contribution in [0.25, 0.3) is 11.0 Å². The van der Waals surface area contributed by atoms with Crippen LogP contribution in [-0.2, 0) is 17.5 Å². The number of carbonyl (C=O) groups is 1. The van der Waals surface area contributed by atoms with E-state index in [0.717, 1.165) is 0 Å². The molecule has 0 radical (unpaired) electrons. The van der Waals surface area contributed by atoms with Crippen LogP contribution in [0.15, 0.2) is 12.1 Å². The molecule has 0 saturated carbocycles. The zero-order valence-electron chi connectivity index (χ0n) is 10.4. The van der Waals surface area contributed by atoms with Crippen molar-refractivity contribution < 1.29 is 31.9 Å². The second-order valence-electron chi connectivity index (χ2n) is 4.34. The minimum Gasteiger partial charge on any atom is -0.481 e. The van der Waals surface area contributed by atoms with Crippen molar-refractivity contribution in [3.63, 3.8) is 0 Å². The van der Waals surface area contributed by atoms with Gasteiger partial charge in [0.2, 0.25) is 5.82 Å². The summed E-state index contributed by atoms with van der Waals surface area (Å²) in [5, 5.41) is 8.51. The van der Waals surface area contributed by atoms with Crippen LogP contribution in [0.1, 0.15) is 18.7 Å². The molecule has 9 heteroatoms. The number of carboxylic acid groups (broad SMARTS) is 1. The third-order valence-corrected chi connectivity index (χ3v) is 2.82. The van der Waals surface area contributed by atoms with E-state index in [0.29, 0.717) is 16.7 Å². The number of nitrogens with zero attached hydrogens (tertiary/aromatic N) is 2. The molecule has 0 saturated heterocycles. The summed E-state index contributed by atoms with van der Waals surface area (Å²) in [5.41, 5.74) is -0.567. The Morgan fingerprint density at radius 3 is 2.43 bits per heavy atom. The Morgan fingerprint density at radius 1 is 1.24 bits per heavy atom. The molecule has 0 atom stereocenters. The lowest BCUT2D eigenvalue weighted by Gasteiger charge is -2.10. The predicted octanol–water partition coefficient (Wildman–Crippen LogP) is 3.20. The maximum atomic E-state index is 13.2. The Balaban J connectivity index is 2.52. The molecule has 1 heterocycles. The third-order valence-electron chi connectivity index (χ3n) is 2.82. The van der Waals surface area contributed by atoms with Gasteiger partial charge in [0.05, 0.1) is 11.0 Å². The zero-order valence-corrected chi connectivity index (χ0v) is 10.4. The summed E-state index contributed by atoms with van der Waals surface area (Å²) in [5.74, 6) is -5.07. The van der Waals surface area contributed by atoms with Gasteiger partial charge in [0, 0.05) is 25.1 Å². The fraction of sp³-hybridized carbons (Fsp3) is 0.333. The number of rotatable bonds is 4. The molecule has 2 aromatic rings. The van der Waals surface area contributed by atoms with Crippen molar-refractivity contribution in [3.05, 3.63) is 29.6 Å². The Kier molecular flexibility index (Phi) is 3.84. The molecule has 1 N–H and O–H groups in total. The van der Waals surface area contributed by atoms with Crippen molar-refractivity contribution in [1.82, 2.24) is 9.55 Å². The smallest absolute Gasteiger partial charge is 0.449 e. The van der Waals surface area contributed by atoms with Crippen molar-refractivity contribution in [2.24, 2.45) is 0 Å². The van der Waals surface area contributed by atoms with Gasteiger partial charge in [-0.25, -0.2) is 13.8 Å². The van der Waals surface area contributed by atoms with Gasteiger partial charge in [0.25, 0.3) is 0 Å². The number of fused-ring (bicyclic) bond motifs is 1. The van der Waals surface area contributed by atoms with Crippen LogP contribution >= 0.6 is 0 Å². The number of aliphatic carboxylic acids is 1. The van der Waals surface area contributed by atoms with Gasteiger partial charge in [-0.05, 0) is 6.42 Å². The number of carboxylic acids is 1. The number of aryl methyl sites for hydroxylation is 1. The second kappa shape index (κ2) is 5.30. The normalized spacial score (nSPS) is 12.0. The van der Waals surface area contributed by atoms with Crippen molar-refractivity contribution in [2.75, 3.05) is 0 Å². The summed E-state index contributed by atoms with van der Waals surface area (Å²) >= 11 is 0. The molecule has 2 rings (SSSR count). The van der Waals surface area contributed by atoms with Crippen molar-refractivity contribution in [1.29, 1.82) is 0 Å². The Morgan fingerprint density at radius 2 is 1.86 bits per heavy atom. The number of aromatic nitrogens is 2. The van der Waals surface area contributed by atoms with Crippen molar-refractivity contribution >= 4 is 17.0 Å².